The van der Waals surface area contributed by atoms with Crippen molar-refractivity contribution < 1.29 is 9.18 Å². The number of rotatable bonds is 6. The van der Waals surface area contributed by atoms with Crippen LogP contribution < -0.4 is 10.6 Å². The van der Waals surface area contributed by atoms with Crippen molar-refractivity contribution in [2.24, 2.45) is 0 Å². The number of anilines is 1. The average Bonchev–Trinajstić information content (AvgIpc) is 2.85. The number of halogens is 2. The van der Waals surface area contributed by atoms with E-state index < -0.39 is 5.82 Å². The molecule has 1 amide bonds. The summed E-state index contributed by atoms with van der Waals surface area (Å²) in [7, 11) is 1.84. The number of carbonyl (C=O) groups is 1. The molecule has 1 aromatic carbocycles. The molecule has 0 aliphatic carbocycles. The highest BCUT2D eigenvalue weighted by atomic mass is 35.5. The number of benzene rings is 1. The first kappa shape index (κ1) is 18.1. The first-order valence-corrected chi connectivity index (χ1v) is 6.86. The molecule has 0 unspecified atom stereocenters. The standard InChI is InChI=1S/C15H19FN4O.ClH/c1-11-9-18-20(10-11)14-6-5-12(8-13(14)16)19-15(21)4-3-7-17-2;/h5-6,8-10,17H,3-4,7H2,1-2H3,(H,19,21);1H. The molecule has 1 aromatic heterocycles. The molecule has 5 nitrogen and oxygen atoms in total. The molecular weight excluding hydrogens is 307 g/mol. The zero-order valence-electron chi connectivity index (χ0n) is 12.6. The fourth-order valence-corrected chi connectivity index (χ4v) is 1.96. The monoisotopic (exact) mass is 326 g/mol. The summed E-state index contributed by atoms with van der Waals surface area (Å²) >= 11 is 0. The van der Waals surface area contributed by atoms with Crippen LogP contribution >= 0.6 is 12.4 Å². The van der Waals surface area contributed by atoms with Crippen molar-refractivity contribution in [1.29, 1.82) is 0 Å². The van der Waals surface area contributed by atoms with Crippen LogP contribution in [-0.4, -0.2) is 29.3 Å². The maximum absolute atomic E-state index is 14.1. The van der Waals surface area contributed by atoms with Gasteiger partial charge in [-0.2, -0.15) is 5.10 Å². The molecule has 0 atom stereocenters. The van der Waals surface area contributed by atoms with Crippen molar-refractivity contribution in [3.63, 3.8) is 0 Å². The van der Waals surface area contributed by atoms with E-state index in [0.717, 1.165) is 18.5 Å². The number of hydrogen-bond donors (Lipinski definition) is 2. The predicted octanol–water partition coefficient (Wildman–Crippen LogP) is 2.68. The molecule has 0 saturated carbocycles. The van der Waals surface area contributed by atoms with E-state index in [-0.39, 0.29) is 18.3 Å². The van der Waals surface area contributed by atoms with Crippen LogP contribution in [0.3, 0.4) is 0 Å². The average molecular weight is 327 g/mol. The van der Waals surface area contributed by atoms with Crippen molar-refractivity contribution in [3.05, 3.63) is 42.0 Å². The van der Waals surface area contributed by atoms with Crippen LogP contribution in [0, 0.1) is 12.7 Å². The van der Waals surface area contributed by atoms with Crippen molar-refractivity contribution in [2.45, 2.75) is 19.8 Å². The molecule has 0 aliphatic heterocycles. The van der Waals surface area contributed by atoms with Gasteiger partial charge in [-0.05, 0) is 50.7 Å². The molecule has 2 aromatic rings. The Morgan fingerprint density at radius 1 is 1.41 bits per heavy atom. The van der Waals surface area contributed by atoms with E-state index in [1.165, 1.54) is 10.7 Å². The van der Waals surface area contributed by atoms with Gasteiger partial charge >= 0.3 is 0 Å². The summed E-state index contributed by atoms with van der Waals surface area (Å²) in [6, 6.07) is 4.58. The maximum Gasteiger partial charge on any atom is 0.224 e. The van der Waals surface area contributed by atoms with E-state index in [4.69, 9.17) is 0 Å². The largest absolute Gasteiger partial charge is 0.326 e. The molecule has 7 heteroatoms. The SMILES string of the molecule is CNCCCC(=O)Nc1ccc(-n2cc(C)cn2)c(F)c1.Cl. The summed E-state index contributed by atoms with van der Waals surface area (Å²) in [5, 5.41) is 9.73. The third kappa shape index (κ3) is 4.82. The highest BCUT2D eigenvalue weighted by Crippen LogP contribution is 2.18. The summed E-state index contributed by atoms with van der Waals surface area (Å²) in [5.74, 6) is -0.543. The topological polar surface area (TPSA) is 59.0 Å². The van der Waals surface area contributed by atoms with Crippen LogP contribution in [0.2, 0.25) is 0 Å². The molecule has 0 saturated heterocycles. The minimum absolute atomic E-state index is 0. The summed E-state index contributed by atoms with van der Waals surface area (Å²) in [6.45, 7) is 2.67. The molecular formula is C15H20ClFN4O. The Balaban J connectivity index is 0.00000242. The minimum atomic E-state index is -0.425. The Kier molecular flexibility index (Phi) is 7.01. The molecule has 2 N–H and O–H groups in total. The van der Waals surface area contributed by atoms with Crippen molar-refractivity contribution in [3.8, 4) is 5.69 Å². The van der Waals surface area contributed by atoms with Crippen LogP contribution in [0.15, 0.2) is 30.6 Å². The fourth-order valence-electron chi connectivity index (χ4n) is 1.96. The lowest BCUT2D eigenvalue weighted by Crippen LogP contribution is -2.15. The molecule has 0 aliphatic rings. The first-order chi connectivity index (χ1) is 10.1. The van der Waals surface area contributed by atoms with Crippen molar-refractivity contribution >= 4 is 24.0 Å². The van der Waals surface area contributed by atoms with E-state index in [1.807, 2.05) is 14.0 Å². The maximum atomic E-state index is 14.1. The highest BCUT2D eigenvalue weighted by molar-refractivity contribution is 5.90. The quantitative estimate of drug-likeness (QED) is 0.802. The number of carbonyl (C=O) groups excluding carboxylic acids is 1. The fraction of sp³-hybridized carbons (Fsp3) is 0.333. The van der Waals surface area contributed by atoms with Gasteiger partial charge in [0.1, 0.15) is 5.69 Å². The zero-order valence-corrected chi connectivity index (χ0v) is 13.4. The third-order valence-corrected chi connectivity index (χ3v) is 3.02. The van der Waals surface area contributed by atoms with Crippen LogP contribution in [0.4, 0.5) is 10.1 Å². The molecule has 120 valence electrons. The lowest BCUT2D eigenvalue weighted by Gasteiger charge is -2.08. The molecule has 1 heterocycles. The zero-order chi connectivity index (χ0) is 15.2. The smallest absolute Gasteiger partial charge is 0.224 e. The number of nitrogens with one attached hydrogen (secondary N) is 2. The van der Waals surface area contributed by atoms with Gasteiger partial charge in [0, 0.05) is 18.3 Å². The number of hydrogen-bond acceptors (Lipinski definition) is 3. The van der Waals surface area contributed by atoms with Gasteiger partial charge in [0.05, 0.1) is 6.20 Å². The van der Waals surface area contributed by atoms with Gasteiger partial charge in [0.25, 0.3) is 0 Å². The predicted molar refractivity (Wildman–Crippen MR) is 87.3 cm³/mol. The summed E-state index contributed by atoms with van der Waals surface area (Å²) in [5.41, 5.74) is 1.77. The normalized spacial score (nSPS) is 10.1. The first-order valence-electron chi connectivity index (χ1n) is 6.86. The highest BCUT2D eigenvalue weighted by Gasteiger charge is 2.08. The Morgan fingerprint density at radius 3 is 2.77 bits per heavy atom. The van der Waals surface area contributed by atoms with Crippen molar-refractivity contribution in [1.82, 2.24) is 15.1 Å². The van der Waals surface area contributed by atoms with Crippen LogP contribution in [-0.2, 0) is 4.79 Å². The second-order valence-electron chi connectivity index (χ2n) is 4.88. The van der Waals surface area contributed by atoms with Crippen LogP contribution in [0.5, 0.6) is 0 Å². The van der Waals surface area contributed by atoms with E-state index in [2.05, 4.69) is 15.7 Å². The van der Waals surface area contributed by atoms with Gasteiger partial charge in [-0.25, -0.2) is 9.07 Å². The van der Waals surface area contributed by atoms with E-state index in [1.54, 1.807) is 24.5 Å². The molecule has 2 rings (SSSR count). The molecule has 22 heavy (non-hydrogen) atoms. The van der Waals surface area contributed by atoms with Gasteiger partial charge in [0.2, 0.25) is 5.91 Å². The minimum Gasteiger partial charge on any atom is -0.326 e. The number of amides is 1. The Morgan fingerprint density at radius 2 is 2.18 bits per heavy atom. The number of nitrogens with zero attached hydrogens (tertiary/aromatic N) is 2. The van der Waals surface area contributed by atoms with E-state index >= 15 is 0 Å². The van der Waals surface area contributed by atoms with Gasteiger partial charge in [-0.15, -0.1) is 12.4 Å². The van der Waals surface area contributed by atoms with Crippen molar-refractivity contribution in [2.75, 3.05) is 18.9 Å². The van der Waals surface area contributed by atoms with E-state index in [9.17, 15) is 9.18 Å². The Labute approximate surface area is 135 Å². The Bertz CT molecular complexity index is 630. The van der Waals surface area contributed by atoms with E-state index in [0.29, 0.717) is 17.8 Å². The second-order valence-corrected chi connectivity index (χ2v) is 4.88. The molecule has 0 spiro atoms. The van der Waals surface area contributed by atoms with Crippen LogP contribution in [0.1, 0.15) is 18.4 Å². The third-order valence-electron chi connectivity index (χ3n) is 3.02. The summed E-state index contributed by atoms with van der Waals surface area (Å²) in [4.78, 5) is 11.7. The summed E-state index contributed by atoms with van der Waals surface area (Å²) in [6.07, 6.45) is 4.56. The second kappa shape index (κ2) is 8.51. The lowest BCUT2D eigenvalue weighted by atomic mass is 10.2. The number of aromatic nitrogens is 2. The molecule has 0 bridgehead atoms. The Hall–Kier alpha value is -1.92. The molecule has 0 radical (unpaired) electrons. The lowest BCUT2D eigenvalue weighted by molar-refractivity contribution is -0.116. The van der Waals surface area contributed by atoms with Gasteiger partial charge < -0.3 is 10.6 Å². The molecule has 0 fully saturated rings. The summed E-state index contributed by atoms with van der Waals surface area (Å²) < 4.78 is 15.6. The van der Waals surface area contributed by atoms with Gasteiger partial charge in [-0.3, -0.25) is 4.79 Å². The van der Waals surface area contributed by atoms with Gasteiger partial charge in [0.15, 0.2) is 5.82 Å². The number of aryl methyl sites for hydroxylation is 1. The van der Waals surface area contributed by atoms with Crippen LogP contribution in [0.25, 0.3) is 5.69 Å². The van der Waals surface area contributed by atoms with Gasteiger partial charge in [-0.1, -0.05) is 0 Å².